The van der Waals surface area contributed by atoms with Crippen molar-refractivity contribution in [3.63, 3.8) is 0 Å². The second-order valence-electron chi connectivity index (χ2n) is 12.4. The van der Waals surface area contributed by atoms with E-state index in [9.17, 15) is 10.5 Å². The average Bonchev–Trinajstić information content (AvgIpc) is 3.55. The average molecular weight is 569 g/mol. The molecule has 0 aliphatic carbocycles. The largest absolute Gasteiger partial charge is 0.312 e. The van der Waals surface area contributed by atoms with Crippen molar-refractivity contribution < 1.29 is 0 Å². The van der Waals surface area contributed by atoms with Crippen molar-refractivity contribution in [2.24, 2.45) is 0 Å². The Kier molecular flexibility index (Phi) is 6.38. The lowest BCUT2D eigenvalue weighted by Crippen LogP contribution is -2.10. The zero-order valence-corrected chi connectivity index (χ0v) is 25.4. The van der Waals surface area contributed by atoms with Crippen molar-refractivity contribution in [3.05, 3.63) is 120 Å². The fourth-order valence-corrected chi connectivity index (χ4v) is 6.63. The molecule has 0 unspecified atom stereocenters. The second kappa shape index (κ2) is 10.3. The molecule has 0 saturated carbocycles. The van der Waals surface area contributed by atoms with Gasteiger partial charge in [-0.3, -0.25) is 0 Å². The SMILES string of the molecule is C/C(=C(C#N)\C=C(/CC#N)n1c2ccc(C(C)(C)C)cc2c2c3ccccc3ccc21)n1c2ccccc2c2ccccc21. The minimum Gasteiger partial charge on any atom is -0.312 e. The summed E-state index contributed by atoms with van der Waals surface area (Å²) in [6.07, 6.45) is 2.06. The van der Waals surface area contributed by atoms with Gasteiger partial charge in [-0.05, 0) is 65.1 Å². The summed E-state index contributed by atoms with van der Waals surface area (Å²) in [6, 6.07) is 40.9. The van der Waals surface area contributed by atoms with Crippen molar-refractivity contribution >= 4 is 65.8 Å². The molecule has 7 rings (SSSR count). The number of benzene rings is 5. The molecule has 4 heteroatoms. The molecule has 212 valence electrons. The van der Waals surface area contributed by atoms with Crippen LogP contribution in [0.25, 0.3) is 65.8 Å². The highest BCUT2D eigenvalue weighted by Gasteiger charge is 2.21. The van der Waals surface area contributed by atoms with E-state index in [0.717, 1.165) is 55.0 Å². The van der Waals surface area contributed by atoms with Gasteiger partial charge < -0.3 is 9.13 Å². The number of nitriles is 2. The van der Waals surface area contributed by atoms with Gasteiger partial charge in [0.15, 0.2) is 0 Å². The van der Waals surface area contributed by atoms with Gasteiger partial charge in [-0.15, -0.1) is 0 Å². The summed E-state index contributed by atoms with van der Waals surface area (Å²) in [5.74, 6) is 0. The van der Waals surface area contributed by atoms with Crippen LogP contribution in [0.1, 0.15) is 39.7 Å². The van der Waals surface area contributed by atoms with Crippen LogP contribution < -0.4 is 0 Å². The highest BCUT2D eigenvalue weighted by atomic mass is 15.0. The molecule has 0 aliphatic rings. The van der Waals surface area contributed by atoms with Gasteiger partial charge in [0, 0.05) is 32.9 Å². The number of fused-ring (bicyclic) bond motifs is 8. The summed E-state index contributed by atoms with van der Waals surface area (Å²) in [6.45, 7) is 8.68. The molecule has 5 aromatic carbocycles. The first kappa shape index (κ1) is 27.3. The summed E-state index contributed by atoms with van der Waals surface area (Å²) in [7, 11) is 0. The topological polar surface area (TPSA) is 57.4 Å². The van der Waals surface area contributed by atoms with E-state index < -0.39 is 0 Å². The minimum absolute atomic E-state index is 0.0192. The van der Waals surface area contributed by atoms with Gasteiger partial charge in [0.1, 0.15) is 6.07 Å². The maximum atomic E-state index is 10.6. The first-order valence-electron chi connectivity index (χ1n) is 15.0. The predicted octanol–water partition coefficient (Wildman–Crippen LogP) is 10.6. The number of para-hydroxylation sites is 2. The summed E-state index contributed by atoms with van der Waals surface area (Å²) < 4.78 is 4.35. The van der Waals surface area contributed by atoms with Crippen LogP contribution >= 0.6 is 0 Å². The zero-order chi connectivity index (χ0) is 30.6. The Labute approximate surface area is 257 Å². The van der Waals surface area contributed by atoms with E-state index in [1.54, 1.807) is 0 Å². The van der Waals surface area contributed by atoms with Crippen LogP contribution in [0.4, 0.5) is 0 Å². The summed E-state index contributed by atoms with van der Waals surface area (Å²) >= 11 is 0. The van der Waals surface area contributed by atoms with Gasteiger partial charge in [0.25, 0.3) is 0 Å². The van der Waals surface area contributed by atoms with Gasteiger partial charge in [-0.2, -0.15) is 10.5 Å². The highest BCUT2D eigenvalue weighted by Crippen LogP contribution is 2.40. The lowest BCUT2D eigenvalue weighted by Gasteiger charge is -2.19. The van der Waals surface area contributed by atoms with E-state index in [4.69, 9.17) is 0 Å². The van der Waals surface area contributed by atoms with Gasteiger partial charge in [0.2, 0.25) is 0 Å². The summed E-state index contributed by atoms with van der Waals surface area (Å²) in [5, 5.41) is 27.6. The number of hydrogen-bond acceptors (Lipinski definition) is 2. The molecule has 0 aliphatic heterocycles. The van der Waals surface area contributed by atoms with Crippen LogP contribution in [-0.4, -0.2) is 9.13 Å². The Morgan fingerprint density at radius 3 is 1.91 bits per heavy atom. The number of rotatable bonds is 4. The van der Waals surface area contributed by atoms with E-state index in [1.165, 1.54) is 16.3 Å². The van der Waals surface area contributed by atoms with Gasteiger partial charge in [-0.25, -0.2) is 0 Å². The van der Waals surface area contributed by atoms with Crippen molar-refractivity contribution in [3.8, 4) is 12.1 Å². The molecule has 0 atom stereocenters. The van der Waals surface area contributed by atoms with Crippen LogP contribution in [0.3, 0.4) is 0 Å². The molecule has 0 saturated heterocycles. The highest BCUT2D eigenvalue weighted by molar-refractivity contribution is 6.22. The van der Waals surface area contributed by atoms with Gasteiger partial charge in [-0.1, -0.05) is 93.6 Å². The molecular weight excluding hydrogens is 536 g/mol. The number of nitrogens with zero attached hydrogens (tertiary/aromatic N) is 4. The Bertz CT molecular complexity index is 2370. The molecule has 2 aromatic heterocycles. The van der Waals surface area contributed by atoms with Crippen molar-refractivity contribution in [1.82, 2.24) is 9.13 Å². The zero-order valence-electron chi connectivity index (χ0n) is 25.4. The molecule has 44 heavy (non-hydrogen) atoms. The van der Waals surface area contributed by atoms with Gasteiger partial charge >= 0.3 is 0 Å². The lowest BCUT2D eigenvalue weighted by molar-refractivity contribution is 0.591. The molecule has 0 bridgehead atoms. The number of allylic oxidation sites excluding steroid dienone is 4. The molecule has 0 spiro atoms. The molecule has 2 heterocycles. The van der Waals surface area contributed by atoms with Crippen LogP contribution in [0.15, 0.2) is 115 Å². The summed E-state index contributed by atoms with van der Waals surface area (Å²) in [4.78, 5) is 0. The molecule has 4 nitrogen and oxygen atoms in total. The molecule has 7 aromatic rings. The molecular formula is C40H32N4. The first-order chi connectivity index (χ1) is 21.3. The number of hydrogen-bond donors (Lipinski definition) is 0. The third-order valence-electron chi connectivity index (χ3n) is 8.80. The molecule has 0 amide bonds. The van der Waals surface area contributed by atoms with E-state index in [1.807, 2.05) is 37.3 Å². The van der Waals surface area contributed by atoms with Crippen LogP contribution in [0.5, 0.6) is 0 Å². The fourth-order valence-electron chi connectivity index (χ4n) is 6.63. The Morgan fingerprint density at radius 1 is 0.682 bits per heavy atom. The van der Waals surface area contributed by atoms with Crippen molar-refractivity contribution in [2.45, 2.75) is 39.5 Å². The normalized spacial score (nSPS) is 13.1. The second-order valence-corrected chi connectivity index (χ2v) is 12.4. The van der Waals surface area contributed by atoms with E-state index in [0.29, 0.717) is 5.57 Å². The van der Waals surface area contributed by atoms with E-state index in [2.05, 4.69) is 121 Å². The lowest BCUT2D eigenvalue weighted by atomic mass is 9.86. The first-order valence-corrected chi connectivity index (χ1v) is 15.0. The quantitative estimate of drug-likeness (QED) is 0.157. The standard InChI is InChI=1S/C40H32N4/c1-26(43-35-15-9-7-13-32(35)33-14-8-10-16-36(33)43)28(25-42)23-30(21-22-41)44-37-20-18-29(40(2,3)4)24-34(37)39-31-12-6-5-11-27(31)17-19-38(39)44/h5-20,23-24H,21H2,1-4H3/b28-26-,30-23+. The Balaban J connectivity index is 1.55. The Hall–Kier alpha value is -5.58. The Morgan fingerprint density at radius 2 is 1.27 bits per heavy atom. The van der Waals surface area contributed by atoms with Crippen LogP contribution in [-0.2, 0) is 5.41 Å². The monoisotopic (exact) mass is 568 g/mol. The third-order valence-corrected chi connectivity index (χ3v) is 8.80. The maximum Gasteiger partial charge on any atom is 0.101 e. The van der Waals surface area contributed by atoms with Crippen LogP contribution in [0.2, 0.25) is 0 Å². The molecule has 0 radical (unpaired) electrons. The maximum absolute atomic E-state index is 10.6. The fraction of sp³-hybridized carbons (Fsp3) is 0.150. The molecule has 0 fully saturated rings. The van der Waals surface area contributed by atoms with E-state index in [-0.39, 0.29) is 11.8 Å². The molecule has 0 N–H and O–H groups in total. The van der Waals surface area contributed by atoms with Gasteiger partial charge in [0.05, 0.1) is 40.1 Å². The predicted molar refractivity (Wildman–Crippen MR) is 184 cm³/mol. The van der Waals surface area contributed by atoms with Crippen molar-refractivity contribution in [1.29, 1.82) is 10.5 Å². The number of aromatic nitrogens is 2. The van der Waals surface area contributed by atoms with Crippen LogP contribution in [0, 0.1) is 22.7 Å². The minimum atomic E-state index is -0.0192. The summed E-state index contributed by atoms with van der Waals surface area (Å²) in [5.41, 5.74) is 7.49. The smallest absolute Gasteiger partial charge is 0.101 e. The van der Waals surface area contributed by atoms with Crippen molar-refractivity contribution in [2.75, 3.05) is 0 Å². The third kappa shape index (κ3) is 4.19. The van der Waals surface area contributed by atoms with E-state index >= 15 is 0 Å².